The lowest BCUT2D eigenvalue weighted by Gasteiger charge is -2.15. The quantitative estimate of drug-likeness (QED) is 0.696. The summed E-state index contributed by atoms with van der Waals surface area (Å²) >= 11 is 6.11. The zero-order valence-electron chi connectivity index (χ0n) is 13.7. The molecule has 0 bridgehead atoms. The van der Waals surface area contributed by atoms with E-state index in [2.05, 4.69) is 10.6 Å². The summed E-state index contributed by atoms with van der Waals surface area (Å²) in [6.45, 7) is 6.58. The number of halogens is 2. The predicted molar refractivity (Wildman–Crippen MR) is 97.4 cm³/mol. The molecule has 0 unspecified atom stereocenters. The lowest BCUT2D eigenvalue weighted by atomic mass is 10.0. The predicted octanol–water partition coefficient (Wildman–Crippen LogP) is 3.21. The van der Waals surface area contributed by atoms with Crippen LogP contribution in [0.4, 0.5) is 5.69 Å². The minimum Gasteiger partial charge on any atom is -0.352 e. The molecule has 0 aliphatic heterocycles. The van der Waals surface area contributed by atoms with Gasteiger partial charge >= 0.3 is 0 Å². The number of hydrogen-bond acceptors (Lipinski definition) is 3. The van der Waals surface area contributed by atoms with Crippen LogP contribution in [0.5, 0.6) is 0 Å². The Labute approximate surface area is 148 Å². The highest BCUT2D eigenvalue weighted by molar-refractivity contribution is 6.34. The monoisotopic (exact) mass is 361 g/mol. The van der Waals surface area contributed by atoms with Gasteiger partial charge < -0.3 is 16.4 Å². The first kappa shape index (κ1) is 21.7. The highest BCUT2D eigenvalue weighted by atomic mass is 35.5. The van der Waals surface area contributed by atoms with Gasteiger partial charge in [-0.15, -0.1) is 12.4 Å². The Kier molecular flexibility index (Phi) is 9.88. The lowest BCUT2D eigenvalue weighted by Crippen LogP contribution is -2.36. The van der Waals surface area contributed by atoms with Crippen molar-refractivity contribution in [1.29, 1.82) is 0 Å². The van der Waals surface area contributed by atoms with Gasteiger partial charge in [-0.05, 0) is 37.0 Å². The molecule has 7 heteroatoms. The summed E-state index contributed by atoms with van der Waals surface area (Å²) in [5, 5.41) is 5.77. The number of hydrogen-bond donors (Lipinski definition) is 3. The Hall–Kier alpha value is -1.30. The minimum absolute atomic E-state index is 0. The van der Waals surface area contributed by atoms with Gasteiger partial charge in [0.15, 0.2) is 0 Å². The topological polar surface area (TPSA) is 84.2 Å². The maximum atomic E-state index is 12.0. The fourth-order valence-electron chi connectivity index (χ4n) is 1.96. The Morgan fingerprint density at radius 3 is 2.48 bits per heavy atom. The van der Waals surface area contributed by atoms with Crippen LogP contribution < -0.4 is 16.4 Å². The Morgan fingerprint density at radius 2 is 1.96 bits per heavy atom. The second kappa shape index (κ2) is 10.5. The van der Waals surface area contributed by atoms with Crippen LogP contribution in [0.2, 0.25) is 5.02 Å². The first-order valence-electron chi connectivity index (χ1n) is 7.49. The van der Waals surface area contributed by atoms with Crippen molar-refractivity contribution in [1.82, 2.24) is 5.32 Å². The number of carbonyl (C=O) groups is 2. The number of benzene rings is 1. The van der Waals surface area contributed by atoms with E-state index in [1.807, 2.05) is 20.8 Å². The molecule has 0 heterocycles. The van der Waals surface area contributed by atoms with Crippen molar-refractivity contribution in [3.8, 4) is 0 Å². The number of carbonyl (C=O) groups excluding carboxylic acids is 2. The fraction of sp³-hybridized carbons (Fsp3) is 0.500. The van der Waals surface area contributed by atoms with Crippen molar-refractivity contribution >= 4 is 41.5 Å². The van der Waals surface area contributed by atoms with E-state index in [1.165, 1.54) is 0 Å². The van der Waals surface area contributed by atoms with Gasteiger partial charge in [-0.3, -0.25) is 9.59 Å². The summed E-state index contributed by atoms with van der Waals surface area (Å²) in [4.78, 5) is 23.8. The molecule has 0 fully saturated rings. The molecule has 0 aliphatic carbocycles. The van der Waals surface area contributed by atoms with E-state index in [9.17, 15) is 9.59 Å². The molecule has 5 nitrogen and oxygen atoms in total. The smallest absolute Gasteiger partial charge is 0.252 e. The summed E-state index contributed by atoms with van der Waals surface area (Å²) in [5.74, 6) is -0.136. The normalized spacial score (nSPS) is 11.6. The second-order valence-electron chi connectivity index (χ2n) is 5.68. The largest absolute Gasteiger partial charge is 0.352 e. The Morgan fingerprint density at radius 1 is 1.30 bits per heavy atom. The van der Waals surface area contributed by atoms with Gasteiger partial charge in [0.25, 0.3) is 5.91 Å². The van der Waals surface area contributed by atoms with Crippen molar-refractivity contribution in [2.45, 2.75) is 39.7 Å². The number of anilines is 1. The number of rotatable bonds is 7. The maximum Gasteiger partial charge on any atom is 0.252 e. The zero-order valence-corrected chi connectivity index (χ0v) is 15.3. The Bertz CT molecular complexity index is 536. The molecule has 1 aromatic rings. The summed E-state index contributed by atoms with van der Waals surface area (Å²) < 4.78 is 0. The van der Waals surface area contributed by atoms with E-state index < -0.39 is 6.04 Å². The van der Waals surface area contributed by atoms with Crippen LogP contribution in [-0.2, 0) is 4.79 Å². The molecule has 0 saturated heterocycles. The molecular formula is C16H25Cl2N3O2. The number of amides is 2. The van der Waals surface area contributed by atoms with Crippen LogP contribution in [-0.4, -0.2) is 24.4 Å². The van der Waals surface area contributed by atoms with Gasteiger partial charge in [0, 0.05) is 12.2 Å². The summed E-state index contributed by atoms with van der Waals surface area (Å²) in [6, 6.07) is 4.23. The highest BCUT2D eigenvalue weighted by Crippen LogP contribution is 2.21. The lowest BCUT2D eigenvalue weighted by molar-refractivity contribution is -0.117. The second-order valence-corrected chi connectivity index (χ2v) is 6.08. The van der Waals surface area contributed by atoms with Gasteiger partial charge in [-0.1, -0.05) is 32.4 Å². The molecule has 0 saturated carbocycles. The molecule has 130 valence electrons. The standard InChI is InChI=1S/C16H24ClN3O2.ClH/c1-4-7-19-15(21)12-6-5-11(9-13(12)17)20-16(22)14(18)8-10(2)3;/h5-6,9-10,14H,4,7-8,18H2,1-3H3,(H,19,21)(H,20,22);1H/t14-;/m0./s1. The van der Waals surface area contributed by atoms with Crippen LogP contribution in [0.1, 0.15) is 44.0 Å². The van der Waals surface area contributed by atoms with Crippen molar-refractivity contribution in [3.63, 3.8) is 0 Å². The van der Waals surface area contributed by atoms with E-state index in [-0.39, 0.29) is 24.2 Å². The van der Waals surface area contributed by atoms with E-state index in [1.54, 1.807) is 18.2 Å². The van der Waals surface area contributed by atoms with E-state index in [0.717, 1.165) is 6.42 Å². The number of nitrogens with one attached hydrogen (secondary N) is 2. The molecular weight excluding hydrogens is 337 g/mol. The molecule has 4 N–H and O–H groups in total. The molecule has 1 aromatic carbocycles. The van der Waals surface area contributed by atoms with Crippen LogP contribution in [0, 0.1) is 5.92 Å². The Balaban J connectivity index is 0.00000484. The summed E-state index contributed by atoms with van der Waals surface area (Å²) in [5.41, 5.74) is 6.75. The first-order chi connectivity index (χ1) is 10.3. The van der Waals surface area contributed by atoms with Gasteiger partial charge in [-0.25, -0.2) is 0 Å². The first-order valence-corrected chi connectivity index (χ1v) is 7.87. The molecule has 0 radical (unpaired) electrons. The van der Waals surface area contributed by atoms with E-state index >= 15 is 0 Å². The average molecular weight is 362 g/mol. The maximum absolute atomic E-state index is 12.0. The third-order valence-electron chi connectivity index (χ3n) is 3.08. The van der Waals surface area contributed by atoms with E-state index in [4.69, 9.17) is 17.3 Å². The minimum atomic E-state index is -0.564. The van der Waals surface area contributed by atoms with Crippen molar-refractivity contribution in [2.24, 2.45) is 11.7 Å². The summed E-state index contributed by atoms with van der Waals surface area (Å²) in [7, 11) is 0. The molecule has 0 aliphatic rings. The zero-order chi connectivity index (χ0) is 16.7. The SMILES string of the molecule is CCCNC(=O)c1ccc(NC(=O)[C@@H](N)CC(C)C)cc1Cl.Cl. The van der Waals surface area contributed by atoms with E-state index in [0.29, 0.717) is 35.2 Å². The van der Waals surface area contributed by atoms with Gasteiger partial charge in [-0.2, -0.15) is 0 Å². The van der Waals surface area contributed by atoms with Crippen molar-refractivity contribution in [2.75, 3.05) is 11.9 Å². The van der Waals surface area contributed by atoms with Gasteiger partial charge in [0.1, 0.15) is 0 Å². The van der Waals surface area contributed by atoms with Crippen molar-refractivity contribution in [3.05, 3.63) is 28.8 Å². The van der Waals surface area contributed by atoms with Crippen LogP contribution in [0.3, 0.4) is 0 Å². The fourth-order valence-corrected chi connectivity index (χ4v) is 2.23. The molecule has 2 amide bonds. The molecule has 1 atom stereocenters. The average Bonchev–Trinajstić information content (AvgIpc) is 2.44. The van der Waals surface area contributed by atoms with Crippen LogP contribution in [0.15, 0.2) is 18.2 Å². The van der Waals surface area contributed by atoms with Gasteiger partial charge in [0.05, 0.1) is 16.6 Å². The van der Waals surface area contributed by atoms with Crippen LogP contribution >= 0.6 is 24.0 Å². The third-order valence-corrected chi connectivity index (χ3v) is 3.39. The molecule has 0 spiro atoms. The number of nitrogens with two attached hydrogens (primary N) is 1. The third kappa shape index (κ3) is 7.20. The molecule has 1 rings (SSSR count). The summed E-state index contributed by atoms with van der Waals surface area (Å²) in [6.07, 6.45) is 1.46. The van der Waals surface area contributed by atoms with Crippen molar-refractivity contribution < 1.29 is 9.59 Å². The molecule has 23 heavy (non-hydrogen) atoms. The van der Waals surface area contributed by atoms with Gasteiger partial charge in [0.2, 0.25) is 5.91 Å². The van der Waals surface area contributed by atoms with Crippen LogP contribution in [0.25, 0.3) is 0 Å². The molecule has 0 aromatic heterocycles. The highest BCUT2D eigenvalue weighted by Gasteiger charge is 2.16.